The first-order valence-electron chi connectivity index (χ1n) is 6.12. The Morgan fingerprint density at radius 3 is 2.89 bits per heavy atom. The van der Waals surface area contributed by atoms with E-state index >= 15 is 0 Å². The Morgan fingerprint density at radius 1 is 1.39 bits per heavy atom. The molecule has 2 heterocycles. The summed E-state index contributed by atoms with van der Waals surface area (Å²) in [6.07, 6.45) is 4.82. The molecule has 0 aromatic carbocycles. The molecule has 6 nitrogen and oxygen atoms in total. The van der Waals surface area contributed by atoms with Crippen molar-refractivity contribution in [3.05, 3.63) is 12.4 Å². The quantitative estimate of drug-likeness (QED) is 0.845. The van der Waals surface area contributed by atoms with E-state index in [-0.39, 0.29) is 11.8 Å². The molecule has 18 heavy (non-hydrogen) atoms. The van der Waals surface area contributed by atoms with Crippen LogP contribution < -0.4 is 10.6 Å². The first-order valence-corrected chi connectivity index (χ1v) is 7.94. The van der Waals surface area contributed by atoms with Gasteiger partial charge in [-0.05, 0) is 19.8 Å². The summed E-state index contributed by atoms with van der Waals surface area (Å²) < 4.78 is 23.1. The molecule has 1 aliphatic rings. The van der Waals surface area contributed by atoms with Crippen LogP contribution in [0.15, 0.2) is 12.4 Å². The van der Waals surface area contributed by atoms with Gasteiger partial charge < -0.3 is 10.6 Å². The van der Waals surface area contributed by atoms with Gasteiger partial charge in [0.2, 0.25) is 0 Å². The van der Waals surface area contributed by atoms with Crippen LogP contribution >= 0.6 is 0 Å². The van der Waals surface area contributed by atoms with E-state index in [1.165, 1.54) is 0 Å². The zero-order chi connectivity index (χ0) is 13.0. The normalized spacial score (nSPS) is 22.4. The van der Waals surface area contributed by atoms with Crippen LogP contribution in [0.25, 0.3) is 0 Å². The molecule has 0 saturated carbocycles. The minimum atomic E-state index is -2.90. The molecule has 0 amide bonds. The van der Waals surface area contributed by atoms with Crippen LogP contribution in [-0.4, -0.2) is 42.5 Å². The Kier molecular flexibility index (Phi) is 4.00. The molecule has 1 aromatic rings. The highest BCUT2D eigenvalue weighted by Crippen LogP contribution is 2.16. The van der Waals surface area contributed by atoms with E-state index in [0.29, 0.717) is 23.8 Å². The Hall–Kier alpha value is -1.37. The minimum Gasteiger partial charge on any atom is -0.369 e. The van der Waals surface area contributed by atoms with E-state index in [1.807, 2.05) is 6.92 Å². The fourth-order valence-electron chi connectivity index (χ4n) is 2.05. The molecule has 0 aliphatic carbocycles. The van der Waals surface area contributed by atoms with E-state index in [4.69, 9.17) is 0 Å². The second-order valence-electron chi connectivity index (χ2n) is 4.42. The summed E-state index contributed by atoms with van der Waals surface area (Å²) in [4.78, 5) is 8.39. The van der Waals surface area contributed by atoms with Crippen LogP contribution in [0.1, 0.15) is 19.8 Å². The maximum Gasteiger partial charge on any atom is 0.152 e. The summed E-state index contributed by atoms with van der Waals surface area (Å²) in [6, 6.07) is -0.0603. The zero-order valence-electron chi connectivity index (χ0n) is 10.4. The van der Waals surface area contributed by atoms with Crippen LogP contribution in [0, 0.1) is 0 Å². The van der Waals surface area contributed by atoms with E-state index in [2.05, 4.69) is 20.6 Å². The summed E-state index contributed by atoms with van der Waals surface area (Å²) in [6.45, 7) is 2.76. The molecule has 2 N–H and O–H groups in total. The second-order valence-corrected chi connectivity index (χ2v) is 6.65. The third-order valence-electron chi connectivity index (χ3n) is 2.81. The molecule has 0 spiro atoms. The highest BCUT2D eigenvalue weighted by molar-refractivity contribution is 7.91. The lowest BCUT2D eigenvalue weighted by molar-refractivity contribution is 0.561. The maximum atomic E-state index is 11.5. The van der Waals surface area contributed by atoms with Gasteiger partial charge in [0, 0.05) is 12.6 Å². The van der Waals surface area contributed by atoms with Gasteiger partial charge in [0.1, 0.15) is 11.6 Å². The monoisotopic (exact) mass is 270 g/mol. The van der Waals surface area contributed by atoms with Crippen molar-refractivity contribution in [1.29, 1.82) is 0 Å². The van der Waals surface area contributed by atoms with Crippen LogP contribution in [0.3, 0.4) is 0 Å². The molecule has 1 saturated heterocycles. The van der Waals surface area contributed by atoms with Crippen molar-refractivity contribution in [2.24, 2.45) is 0 Å². The number of nitrogens with zero attached hydrogens (tertiary/aromatic N) is 2. The molecule has 0 radical (unpaired) electrons. The largest absolute Gasteiger partial charge is 0.369 e. The van der Waals surface area contributed by atoms with Gasteiger partial charge in [-0.2, -0.15) is 0 Å². The minimum absolute atomic E-state index is 0.0603. The predicted octanol–water partition coefficient (Wildman–Crippen LogP) is 0.897. The molecule has 1 atom stereocenters. The van der Waals surface area contributed by atoms with Crippen molar-refractivity contribution in [2.45, 2.75) is 25.8 Å². The van der Waals surface area contributed by atoms with Gasteiger partial charge in [-0.25, -0.2) is 13.4 Å². The number of rotatable bonds is 4. The fraction of sp³-hybridized carbons (Fsp3) is 0.636. The smallest absolute Gasteiger partial charge is 0.152 e. The van der Waals surface area contributed by atoms with Gasteiger partial charge in [-0.1, -0.05) is 0 Å². The third kappa shape index (κ3) is 3.56. The molecule has 1 aliphatic heterocycles. The summed E-state index contributed by atoms with van der Waals surface area (Å²) in [5, 5.41) is 6.21. The molecule has 7 heteroatoms. The Morgan fingerprint density at radius 2 is 2.17 bits per heavy atom. The number of aromatic nitrogens is 2. The number of anilines is 2. The van der Waals surface area contributed by atoms with Crippen molar-refractivity contribution in [3.8, 4) is 0 Å². The van der Waals surface area contributed by atoms with E-state index in [9.17, 15) is 8.42 Å². The van der Waals surface area contributed by atoms with Crippen molar-refractivity contribution in [3.63, 3.8) is 0 Å². The predicted molar refractivity (Wildman–Crippen MR) is 71.5 cm³/mol. The van der Waals surface area contributed by atoms with Crippen molar-refractivity contribution < 1.29 is 8.42 Å². The summed E-state index contributed by atoms with van der Waals surface area (Å²) in [5.41, 5.74) is 0. The highest BCUT2D eigenvalue weighted by atomic mass is 32.2. The highest BCUT2D eigenvalue weighted by Gasteiger charge is 2.24. The van der Waals surface area contributed by atoms with Crippen molar-refractivity contribution in [1.82, 2.24) is 9.97 Å². The van der Waals surface area contributed by atoms with Gasteiger partial charge in [-0.15, -0.1) is 0 Å². The maximum absolute atomic E-state index is 11.5. The number of hydrogen-bond donors (Lipinski definition) is 2. The second kappa shape index (κ2) is 5.51. The van der Waals surface area contributed by atoms with Crippen LogP contribution in [0.4, 0.5) is 11.6 Å². The number of sulfone groups is 1. The molecule has 1 unspecified atom stereocenters. The average molecular weight is 270 g/mol. The molecule has 1 fully saturated rings. The molecule has 100 valence electrons. The lowest BCUT2D eigenvalue weighted by Crippen LogP contribution is -2.35. The van der Waals surface area contributed by atoms with Crippen LogP contribution in [0.2, 0.25) is 0 Å². The lowest BCUT2D eigenvalue weighted by Gasteiger charge is -2.23. The van der Waals surface area contributed by atoms with Gasteiger partial charge in [0.05, 0.1) is 23.9 Å². The van der Waals surface area contributed by atoms with Gasteiger partial charge >= 0.3 is 0 Å². The fourth-order valence-corrected chi connectivity index (χ4v) is 3.68. The van der Waals surface area contributed by atoms with Crippen LogP contribution in [0.5, 0.6) is 0 Å². The summed E-state index contributed by atoms with van der Waals surface area (Å²) in [5.74, 6) is 1.80. The molecular formula is C11H18N4O2S. The van der Waals surface area contributed by atoms with Crippen molar-refractivity contribution >= 4 is 21.5 Å². The zero-order valence-corrected chi connectivity index (χ0v) is 11.2. The SMILES string of the molecule is CCNc1cncc(NC2CCCS(=O)(=O)C2)n1. The Bertz CT molecular complexity index is 504. The average Bonchev–Trinajstić information content (AvgIpc) is 2.28. The third-order valence-corrected chi connectivity index (χ3v) is 4.63. The van der Waals surface area contributed by atoms with Crippen molar-refractivity contribution in [2.75, 3.05) is 28.7 Å². The van der Waals surface area contributed by atoms with E-state index < -0.39 is 9.84 Å². The molecule has 1 aromatic heterocycles. The standard InChI is InChI=1S/C11H18N4O2S/c1-2-13-10-6-12-7-11(15-10)14-9-4-3-5-18(16,17)8-9/h6-7,9H,2-5,8H2,1H3,(H2,13,14,15). The first-order chi connectivity index (χ1) is 8.59. The van der Waals surface area contributed by atoms with Gasteiger partial charge in [0.25, 0.3) is 0 Å². The van der Waals surface area contributed by atoms with Gasteiger partial charge in [0.15, 0.2) is 9.84 Å². The first kappa shape index (κ1) is 13.1. The summed E-state index contributed by atoms with van der Waals surface area (Å²) >= 11 is 0. The summed E-state index contributed by atoms with van der Waals surface area (Å²) in [7, 11) is -2.90. The molecular weight excluding hydrogens is 252 g/mol. The van der Waals surface area contributed by atoms with E-state index in [1.54, 1.807) is 12.4 Å². The number of hydrogen-bond acceptors (Lipinski definition) is 6. The Balaban J connectivity index is 2.02. The topological polar surface area (TPSA) is 84.0 Å². The Labute approximate surface area is 107 Å². The molecule has 0 bridgehead atoms. The van der Waals surface area contributed by atoms with Gasteiger partial charge in [-0.3, -0.25) is 4.98 Å². The number of nitrogens with one attached hydrogen (secondary N) is 2. The van der Waals surface area contributed by atoms with E-state index in [0.717, 1.165) is 13.0 Å². The molecule has 2 rings (SSSR count). The van der Waals surface area contributed by atoms with Crippen LogP contribution in [-0.2, 0) is 9.84 Å². The lowest BCUT2D eigenvalue weighted by atomic mass is 10.2.